The molecule has 1 aromatic carbocycles. The molecular formula is C32H44N4O4. The summed E-state index contributed by atoms with van der Waals surface area (Å²) in [5, 5.41) is 17.9. The van der Waals surface area contributed by atoms with Crippen LogP contribution in [-0.2, 0) is 23.0 Å². The third-order valence-corrected chi connectivity index (χ3v) is 9.18. The van der Waals surface area contributed by atoms with E-state index in [1.54, 1.807) is 0 Å². The number of H-pyrrole nitrogens is 1. The van der Waals surface area contributed by atoms with Crippen molar-refractivity contribution in [2.75, 3.05) is 6.54 Å². The molecule has 2 heterocycles. The van der Waals surface area contributed by atoms with Gasteiger partial charge < -0.3 is 15.0 Å². The lowest BCUT2D eigenvalue weighted by molar-refractivity contribution is 0.0785. The van der Waals surface area contributed by atoms with E-state index >= 15 is 0 Å². The molecule has 2 fully saturated rings. The smallest absolute Gasteiger partial charge is 0.386 e. The summed E-state index contributed by atoms with van der Waals surface area (Å²) in [6.45, 7) is 12.9. The maximum atomic E-state index is 13.6. The molecule has 0 unspecified atom stereocenters. The van der Waals surface area contributed by atoms with E-state index in [1.165, 1.54) is 37.7 Å². The number of aromatic nitrogens is 3. The summed E-state index contributed by atoms with van der Waals surface area (Å²) < 4.78 is 7.01. The minimum atomic E-state index is -0.972. The summed E-state index contributed by atoms with van der Waals surface area (Å²) >= 11 is 0. The summed E-state index contributed by atoms with van der Waals surface area (Å²) in [6, 6.07) is 8.52. The molecule has 0 aliphatic heterocycles. The molecule has 2 aliphatic rings. The second-order valence-electron chi connectivity index (χ2n) is 13.6. The molecule has 0 saturated heterocycles. The van der Waals surface area contributed by atoms with E-state index in [1.807, 2.05) is 40.7 Å². The summed E-state index contributed by atoms with van der Waals surface area (Å²) in [7, 11) is 0. The minimum absolute atomic E-state index is 0.139. The van der Waals surface area contributed by atoms with Crippen molar-refractivity contribution in [1.29, 1.82) is 0 Å². The quantitative estimate of drug-likeness (QED) is 0.317. The van der Waals surface area contributed by atoms with Gasteiger partial charge in [-0.25, -0.2) is 4.79 Å². The number of nitrogens with zero attached hydrogens (tertiary/aromatic N) is 2. The lowest BCUT2D eigenvalue weighted by Gasteiger charge is -2.26. The zero-order valence-corrected chi connectivity index (χ0v) is 24.8. The van der Waals surface area contributed by atoms with Crippen LogP contribution in [0.2, 0.25) is 0 Å². The Bertz CT molecular complexity index is 1420. The maximum absolute atomic E-state index is 13.6. The van der Waals surface area contributed by atoms with Crippen LogP contribution < -0.4 is 11.1 Å². The Morgan fingerprint density at radius 2 is 1.85 bits per heavy atom. The zero-order chi connectivity index (χ0) is 28.9. The number of rotatable bonds is 9. The van der Waals surface area contributed by atoms with Gasteiger partial charge in [-0.05, 0) is 92.7 Å². The Morgan fingerprint density at radius 3 is 2.45 bits per heavy atom. The van der Waals surface area contributed by atoms with E-state index < -0.39 is 16.8 Å². The van der Waals surface area contributed by atoms with Gasteiger partial charge in [0.05, 0.1) is 11.2 Å². The first-order valence-electron chi connectivity index (χ1n) is 14.7. The predicted molar refractivity (Wildman–Crippen MR) is 155 cm³/mol. The molecule has 8 nitrogen and oxygen atoms in total. The first kappa shape index (κ1) is 28.4. The Balaban J connectivity index is 1.52. The summed E-state index contributed by atoms with van der Waals surface area (Å²) in [5.74, 6) is 0.209. The van der Waals surface area contributed by atoms with Crippen molar-refractivity contribution in [3.05, 3.63) is 63.0 Å². The number of aromatic amines is 1. The highest BCUT2D eigenvalue weighted by Gasteiger charge is 2.40. The van der Waals surface area contributed by atoms with Gasteiger partial charge in [0.15, 0.2) is 5.82 Å². The number of amides is 1. The summed E-state index contributed by atoms with van der Waals surface area (Å²) in [6.07, 6.45) is 8.50. The Hall–Kier alpha value is -3.13. The van der Waals surface area contributed by atoms with E-state index in [2.05, 4.69) is 49.7 Å². The SMILES string of the molecule is Cc1c(C(=O)NCC(C)(C)c2noc(=O)[nH]2)cc(-c2cc(C(C)(C)O)cc(C3(C)CC3)c2)n1CC1CCCCC1. The van der Waals surface area contributed by atoms with E-state index in [0.717, 1.165) is 41.9 Å². The van der Waals surface area contributed by atoms with Gasteiger partial charge in [0.2, 0.25) is 0 Å². The molecule has 2 aliphatic carbocycles. The van der Waals surface area contributed by atoms with Gasteiger partial charge in [0.1, 0.15) is 0 Å². The molecule has 40 heavy (non-hydrogen) atoms. The van der Waals surface area contributed by atoms with Crippen molar-refractivity contribution in [2.24, 2.45) is 5.92 Å². The molecule has 216 valence electrons. The molecule has 2 saturated carbocycles. The van der Waals surface area contributed by atoms with Gasteiger partial charge in [-0.1, -0.05) is 51.3 Å². The van der Waals surface area contributed by atoms with Crippen LogP contribution in [0.4, 0.5) is 0 Å². The van der Waals surface area contributed by atoms with Crippen molar-refractivity contribution >= 4 is 5.91 Å². The van der Waals surface area contributed by atoms with E-state index in [-0.39, 0.29) is 17.9 Å². The first-order valence-corrected chi connectivity index (χ1v) is 14.7. The van der Waals surface area contributed by atoms with Gasteiger partial charge in [-0.2, -0.15) is 0 Å². The van der Waals surface area contributed by atoms with Crippen LogP contribution in [0.5, 0.6) is 0 Å². The monoisotopic (exact) mass is 548 g/mol. The van der Waals surface area contributed by atoms with E-state index in [4.69, 9.17) is 0 Å². The Labute approximate surface area is 236 Å². The van der Waals surface area contributed by atoms with Gasteiger partial charge in [-0.3, -0.25) is 14.3 Å². The van der Waals surface area contributed by atoms with Gasteiger partial charge in [0, 0.05) is 29.9 Å². The van der Waals surface area contributed by atoms with Gasteiger partial charge in [-0.15, -0.1) is 0 Å². The highest BCUT2D eigenvalue weighted by atomic mass is 16.5. The highest BCUT2D eigenvalue weighted by molar-refractivity contribution is 5.97. The second kappa shape index (κ2) is 10.4. The van der Waals surface area contributed by atoms with Crippen LogP contribution in [0, 0.1) is 12.8 Å². The summed E-state index contributed by atoms with van der Waals surface area (Å²) in [5.41, 5.74) is 4.34. The fraction of sp³-hybridized carbons (Fsp3) is 0.594. The number of aliphatic hydroxyl groups is 1. The molecule has 1 amide bonds. The van der Waals surface area contributed by atoms with Crippen LogP contribution >= 0.6 is 0 Å². The number of benzene rings is 1. The third-order valence-electron chi connectivity index (χ3n) is 9.18. The van der Waals surface area contributed by atoms with Crippen LogP contribution in [0.25, 0.3) is 11.3 Å². The number of carbonyl (C=O) groups excluding carboxylic acids is 1. The van der Waals surface area contributed by atoms with Crippen LogP contribution in [0.1, 0.15) is 113 Å². The van der Waals surface area contributed by atoms with Crippen LogP contribution in [-0.4, -0.2) is 32.3 Å². The van der Waals surface area contributed by atoms with Crippen LogP contribution in [0.15, 0.2) is 33.6 Å². The Morgan fingerprint density at radius 1 is 1.15 bits per heavy atom. The Kier molecular flexibility index (Phi) is 7.36. The molecule has 0 spiro atoms. The molecule has 5 rings (SSSR count). The first-order chi connectivity index (χ1) is 18.8. The van der Waals surface area contributed by atoms with Gasteiger partial charge in [0.25, 0.3) is 5.91 Å². The van der Waals surface area contributed by atoms with Crippen LogP contribution in [0.3, 0.4) is 0 Å². The lowest BCUT2D eigenvalue weighted by Crippen LogP contribution is -2.37. The molecule has 3 aromatic rings. The molecule has 3 N–H and O–H groups in total. The molecule has 0 radical (unpaired) electrons. The van der Waals surface area contributed by atoms with Crippen molar-refractivity contribution in [3.8, 4) is 11.3 Å². The maximum Gasteiger partial charge on any atom is 0.438 e. The van der Waals surface area contributed by atoms with Crippen molar-refractivity contribution in [3.63, 3.8) is 0 Å². The van der Waals surface area contributed by atoms with Gasteiger partial charge >= 0.3 is 5.76 Å². The largest absolute Gasteiger partial charge is 0.438 e. The standard InChI is InChI=1S/C32H44N4O4/c1-20-25(27(37)33-19-30(2,3)28-34-29(38)40-35-28)17-26(36(20)18-21-10-8-7-9-11-21)22-14-23(31(4,5)39)16-24(15-22)32(6)12-13-32/h14-17,21,39H,7-13,18-19H2,1-6H3,(H,33,37)(H,34,35,38). The molecule has 0 atom stereocenters. The predicted octanol–water partition coefficient (Wildman–Crippen LogP) is 5.71. The van der Waals surface area contributed by atoms with E-state index in [9.17, 15) is 14.7 Å². The number of nitrogens with one attached hydrogen (secondary N) is 2. The fourth-order valence-electron chi connectivity index (χ4n) is 5.93. The highest BCUT2D eigenvalue weighted by Crippen LogP contribution is 2.49. The summed E-state index contributed by atoms with van der Waals surface area (Å²) in [4.78, 5) is 27.7. The normalized spacial score (nSPS) is 17.7. The molecule has 2 aromatic heterocycles. The topological polar surface area (TPSA) is 113 Å². The van der Waals surface area contributed by atoms with E-state index in [0.29, 0.717) is 17.3 Å². The average molecular weight is 549 g/mol. The average Bonchev–Trinajstić information content (AvgIpc) is 3.36. The molecule has 8 heteroatoms. The van der Waals surface area contributed by atoms with Crippen molar-refractivity contribution < 1.29 is 14.4 Å². The number of carbonyl (C=O) groups is 1. The molecule has 0 bridgehead atoms. The molecular weight excluding hydrogens is 504 g/mol. The zero-order valence-electron chi connectivity index (χ0n) is 24.8. The minimum Gasteiger partial charge on any atom is -0.386 e. The van der Waals surface area contributed by atoms with Crippen molar-refractivity contribution in [2.45, 2.75) is 109 Å². The third kappa shape index (κ3) is 5.82. The number of hydrogen-bond donors (Lipinski definition) is 3. The fourth-order valence-corrected chi connectivity index (χ4v) is 5.93. The second-order valence-corrected chi connectivity index (χ2v) is 13.6. The van der Waals surface area contributed by atoms with Crippen molar-refractivity contribution in [1.82, 2.24) is 20.0 Å². The number of hydrogen-bond acceptors (Lipinski definition) is 5. The lowest BCUT2D eigenvalue weighted by atomic mass is 9.87.